The minimum absolute atomic E-state index is 0.00163. The second-order valence-corrected chi connectivity index (χ2v) is 5.99. The fraction of sp³-hybridized carbons (Fsp3) is 0.471. The number of methoxy groups -OCH3 is 1. The summed E-state index contributed by atoms with van der Waals surface area (Å²) in [4.78, 5) is 38.4. The molecule has 0 spiro atoms. The average molecular weight is 352 g/mol. The molecule has 2 rings (SSSR count). The van der Waals surface area contributed by atoms with Crippen molar-refractivity contribution in [1.29, 1.82) is 0 Å². The van der Waals surface area contributed by atoms with Crippen LogP contribution in [0.5, 0.6) is 0 Å². The molecule has 1 unspecified atom stereocenters. The van der Waals surface area contributed by atoms with Gasteiger partial charge < -0.3 is 19.6 Å². The van der Waals surface area contributed by atoms with E-state index in [1.54, 1.807) is 13.0 Å². The Balaban J connectivity index is 2.12. The number of rotatable bonds is 7. The second-order valence-electron chi connectivity index (χ2n) is 5.99. The van der Waals surface area contributed by atoms with Gasteiger partial charge in [0.15, 0.2) is 0 Å². The van der Waals surface area contributed by atoms with Crippen LogP contribution in [0, 0.1) is 18.7 Å². The van der Waals surface area contributed by atoms with E-state index in [-0.39, 0.29) is 37.8 Å². The molecule has 0 saturated carbocycles. The van der Waals surface area contributed by atoms with Gasteiger partial charge in [0, 0.05) is 32.3 Å². The summed E-state index contributed by atoms with van der Waals surface area (Å²) in [7, 11) is 1.46. The van der Waals surface area contributed by atoms with E-state index in [2.05, 4.69) is 0 Å². The van der Waals surface area contributed by atoms with Crippen LogP contribution in [0.25, 0.3) is 0 Å². The summed E-state index contributed by atoms with van der Waals surface area (Å²) in [6.07, 6.45) is -0.00163. The highest BCUT2D eigenvalue weighted by Crippen LogP contribution is 2.27. The Labute approximate surface area is 145 Å². The Hall–Kier alpha value is -2.48. The maximum atomic E-state index is 13.4. The molecular weight excluding hydrogens is 331 g/mol. The minimum Gasteiger partial charge on any atom is -0.480 e. The number of carboxylic acids is 1. The summed E-state index contributed by atoms with van der Waals surface area (Å²) in [6.45, 7) is 1.65. The van der Waals surface area contributed by atoms with Crippen molar-refractivity contribution in [2.24, 2.45) is 5.92 Å². The third-order valence-corrected chi connectivity index (χ3v) is 4.13. The van der Waals surface area contributed by atoms with Crippen molar-refractivity contribution in [2.75, 3.05) is 38.3 Å². The van der Waals surface area contributed by atoms with Gasteiger partial charge in [-0.1, -0.05) is 0 Å². The number of aryl methyl sites for hydroxylation is 1. The first-order valence-electron chi connectivity index (χ1n) is 7.89. The van der Waals surface area contributed by atoms with E-state index < -0.39 is 24.3 Å². The van der Waals surface area contributed by atoms with Crippen LogP contribution in [0.1, 0.15) is 12.0 Å². The van der Waals surface area contributed by atoms with E-state index in [1.165, 1.54) is 29.0 Å². The predicted molar refractivity (Wildman–Crippen MR) is 87.7 cm³/mol. The van der Waals surface area contributed by atoms with Gasteiger partial charge in [0.05, 0.1) is 12.5 Å². The van der Waals surface area contributed by atoms with Crippen molar-refractivity contribution in [2.45, 2.75) is 13.3 Å². The Morgan fingerprint density at radius 2 is 2.16 bits per heavy atom. The van der Waals surface area contributed by atoms with E-state index in [9.17, 15) is 18.8 Å². The van der Waals surface area contributed by atoms with Gasteiger partial charge >= 0.3 is 5.97 Å². The van der Waals surface area contributed by atoms with Crippen molar-refractivity contribution >= 4 is 23.5 Å². The normalized spacial score (nSPS) is 17.0. The Kier molecular flexibility index (Phi) is 6.08. The highest BCUT2D eigenvalue weighted by Gasteiger charge is 2.37. The van der Waals surface area contributed by atoms with E-state index >= 15 is 0 Å². The highest BCUT2D eigenvalue weighted by molar-refractivity contribution is 6.00. The lowest BCUT2D eigenvalue weighted by Gasteiger charge is -2.24. The lowest BCUT2D eigenvalue weighted by molar-refractivity contribution is -0.146. The zero-order valence-corrected chi connectivity index (χ0v) is 14.2. The molecule has 25 heavy (non-hydrogen) atoms. The summed E-state index contributed by atoms with van der Waals surface area (Å²) >= 11 is 0. The monoisotopic (exact) mass is 352 g/mol. The van der Waals surface area contributed by atoms with Gasteiger partial charge in [0.25, 0.3) is 0 Å². The molecule has 1 heterocycles. The maximum Gasteiger partial charge on any atom is 0.323 e. The third-order valence-electron chi connectivity index (χ3n) is 4.13. The molecule has 1 aromatic carbocycles. The largest absolute Gasteiger partial charge is 0.480 e. The van der Waals surface area contributed by atoms with Gasteiger partial charge in [-0.15, -0.1) is 0 Å². The molecule has 1 atom stereocenters. The molecule has 8 heteroatoms. The number of carbonyl (C=O) groups is 3. The van der Waals surface area contributed by atoms with Crippen molar-refractivity contribution in [3.05, 3.63) is 29.6 Å². The topological polar surface area (TPSA) is 87.1 Å². The second kappa shape index (κ2) is 8.06. The van der Waals surface area contributed by atoms with Crippen LogP contribution in [0.4, 0.5) is 10.1 Å². The first-order chi connectivity index (χ1) is 11.8. The van der Waals surface area contributed by atoms with Gasteiger partial charge in [-0.25, -0.2) is 4.39 Å². The number of benzene rings is 1. The molecule has 0 aliphatic carbocycles. The molecule has 1 fully saturated rings. The average Bonchev–Trinajstić information content (AvgIpc) is 2.95. The lowest BCUT2D eigenvalue weighted by Crippen LogP contribution is -2.42. The van der Waals surface area contributed by atoms with Crippen LogP contribution in [-0.4, -0.2) is 61.1 Å². The number of anilines is 1. The third kappa shape index (κ3) is 4.54. The highest BCUT2D eigenvalue weighted by atomic mass is 19.1. The Bertz CT molecular complexity index is 679. The summed E-state index contributed by atoms with van der Waals surface area (Å²) in [5.74, 6) is -2.76. The molecule has 1 aromatic rings. The van der Waals surface area contributed by atoms with E-state index in [1.807, 2.05) is 0 Å². The zero-order chi connectivity index (χ0) is 18.6. The minimum atomic E-state index is -1.13. The quantitative estimate of drug-likeness (QED) is 0.792. The molecule has 2 amide bonds. The number of aliphatic carboxylic acids is 1. The molecule has 0 radical (unpaired) electrons. The van der Waals surface area contributed by atoms with Gasteiger partial charge in [-0.3, -0.25) is 14.4 Å². The van der Waals surface area contributed by atoms with Crippen LogP contribution in [0.3, 0.4) is 0 Å². The Morgan fingerprint density at radius 3 is 2.76 bits per heavy atom. The molecular formula is C17H21FN2O5. The number of carbonyl (C=O) groups excluding carboxylic acids is 2. The summed E-state index contributed by atoms with van der Waals surface area (Å²) in [6, 6.07) is 4.33. The summed E-state index contributed by atoms with van der Waals surface area (Å²) in [5.41, 5.74) is 0.938. The number of amides is 2. The predicted octanol–water partition coefficient (Wildman–Crippen LogP) is 1.05. The van der Waals surface area contributed by atoms with Crippen molar-refractivity contribution in [1.82, 2.24) is 4.90 Å². The molecule has 1 saturated heterocycles. The fourth-order valence-corrected chi connectivity index (χ4v) is 2.81. The van der Waals surface area contributed by atoms with E-state index in [4.69, 9.17) is 9.84 Å². The fourth-order valence-electron chi connectivity index (χ4n) is 2.81. The molecule has 1 aliphatic rings. The first kappa shape index (κ1) is 18.9. The first-order valence-corrected chi connectivity index (χ1v) is 7.89. The van der Waals surface area contributed by atoms with Crippen LogP contribution in [-0.2, 0) is 19.1 Å². The molecule has 7 nitrogen and oxygen atoms in total. The number of ether oxygens (including phenoxy) is 1. The number of nitrogens with zero attached hydrogens (tertiary/aromatic N) is 2. The molecule has 1 aliphatic heterocycles. The standard InChI is InChI=1S/C17H21FN2O5/c1-11-7-13(3-4-14(11)18)20-9-12(8-15(20)21)17(24)19(5-6-25-2)10-16(22)23/h3-4,7,12H,5-6,8-10H2,1-2H3,(H,22,23). The van der Waals surface area contributed by atoms with Gasteiger partial charge in [-0.2, -0.15) is 0 Å². The zero-order valence-electron chi connectivity index (χ0n) is 14.2. The van der Waals surface area contributed by atoms with Crippen molar-refractivity contribution in [3.63, 3.8) is 0 Å². The molecule has 0 aromatic heterocycles. The van der Waals surface area contributed by atoms with Gasteiger partial charge in [0.1, 0.15) is 12.4 Å². The number of hydrogen-bond acceptors (Lipinski definition) is 4. The number of carboxylic acid groups (broad SMARTS) is 1. The van der Waals surface area contributed by atoms with Gasteiger partial charge in [-0.05, 0) is 30.7 Å². The van der Waals surface area contributed by atoms with Crippen molar-refractivity contribution in [3.8, 4) is 0 Å². The van der Waals surface area contributed by atoms with Crippen LogP contribution >= 0.6 is 0 Å². The summed E-state index contributed by atoms with van der Waals surface area (Å²) in [5, 5.41) is 8.97. The van der Waals surface area contributed by atoms with E-state index in [0.29, 0.717) is 11.3 Å². The molecule has 1 N–H and O–H groups in total. The smallest absolute Gasteiger partial charge is 0.323 e. The Morgan fingerprint density at radius 1 is 1.44 bits per heavy atom. The number of halogens is 1. The SMILES string of the molecule is COCCN(CC(=O)O)C(=O)C1CC(=O)N(c2ccc(F)c(C)c2)C1. The molecule has 0 bridgehead atoms. The van der Waals surface area contributed by atoms with Crippen LogP contribution in [0.15, 0.2) is 18.2 Å². The summed E-state index contributed by atoms with van der Waals surface area (Å²) < 4.78 is 18.3. The van der Waals surface area contributed by atoms with Gasteiger partial charge in [0.2, 0.25) is 11.8 Å². The van der Waals surface area contributed by atoms with E-state index in [0.717, 1.165) is 0 Å². The van der Waals surface area contributed by atoms with Crippen LogP contribution in [0.2, 0.25) is 0 Å². The number of hydrogen-bond donors (Lipinski definition) is 1. The maximum absolute atomic E-state index is 13.4. The lowest BCUT2D eigenvalue weighted by atomic mass is 10.1. The van der Waals surface area contributed by atoms with Crippen LogP contribution < -0.4 is 4.90 Å². The molecule has 136 valence electrons. The van der Waals surface area contributed by atoms with Crippen molar-refractivity contribution < 1.29 is 28.6 Å².